The van der Waals surface area contributed by atoms with Gasteiger partial charge < -0.3 is 4.42 Å². The zero-order chi connectivity index (χ0) is 9.10. The van der Waals surface area contributed by atoms with Crippen molar-refractivity contribution in [2.24, 2.45) is 0 Å². The highest BCUT2D eigenvalue weighted by Gasteiger charge is 2.23. The quantitative estimate of drug-likeness (QED) is 0.689. The molecule has 1 aliphatic rings. The summed E-state index contributed by atoms with van der Waals surface area (Å²) in [5.74, 6) is 0. The molecule has 1 aromatic heterocycles. The van der Waals surface area contributed by atoms with Crippen molar-refractivity contribution in [2.45, 2.75) is 25.4 Å². The summed E-state index contributed by atoms with van der Waals surface area (Å²) in [6.07, 6.45) is 5.56. The van der Waals surface area contributed by atoms with E-state index < -0.39 is 0 Å². The summed E-state index contributed by atoms with van der Waals surface area (Å²) in [7, 11) is 0. The molecule has 3 nitrogen and oxygen atoms in total. The topological polar surface area (TPSA) is 40.2 Å². The predicted molar refractivity (Wildman–Crippen MR) is 47.8 cm³/mol. The third kappa shape index (κ3) is 1.73. The van der Waals surface area contributed by atoms with E-state index in [0.29, 0.717) is 0 Å². The minimum Gasteiger partial charge on any atom is -0.472 e. The smallest absolute Gasteiger partial charge is 0.0981 e. The first-order chi connectivity index (χ1) is 6.40. The van der Waals surface area contributed by atoms with Gasteiger partial charge in [0.25, 0.3) is 0 Å². The lowest BCUT2D eigenvalue weighted by atomic mass is 10.2. The summed E-state index contributed by atoms with van der Waals surface area (Å²) in [4.78, 5) is 2.20. The van der Waals surface area contributed by atoms with E-state index in [0.717, 1.165) is 31.5 Å². The maximum atomic E-state index is 8.85. The Kier molecular flexibility index (Phi) is 2.33. The van der Waals surface area contributed by atoms with Gasteiger partial charge in [-0.15, -0.1) is 0 Å². The van der Waals surface area contributed by atoms with Gasteiger partial charge >= 0.3 is 0 Å². The highest BCUT2D eigenvalue weighted by Crippen LogP contribution is 2.19. The van der Waals surface area contributed by atoms with Gasteiger partial charge in [0.15, 0.2) is 0 Å². The van der Waals surface area contributed by atoms with Crippen molar-refractivity contribution in [3.63, 3.8) is 0 Å². The second kappa shape index (κ2) is 3.63. The normalized spacial score (nSPS) is 23.2. The Morgan fingerprint density at radius 2 is 2.62 bits per heavy atom. The maximum Gasteiger partial charge on any atom is 0.0981 e. The molecule has 3 heteroatoms. The Morgan fingerprint density at radius 3 is 3.31 bits per heavy atom. The van der Waals surface area contributed by atoms with Crippen LogP contribution in [-0.2, 0) is 6.54 Å². The van der Waals surface area contributed by atoms with E-state index >= 15 is 0 Å². The molecule has 0 bridgehead atoms. The zero-order valence-corrected chi connectivity index (χ0v) is 7.44. The van der Waals surface area contributed by atoms with Crippen LogP contribution in [0.1, 0.15) is 18.4 Å². The van der Waals surface area contributed by atoms with Crippen molar-refractivity contribution < 1.29 is 4.42 Å². The summed E-state index contributed by atoms with van der Waals surface area (Å²) in [5.41, 5.74) is 1.15. The molecule has 0 N–H and O–H groups in total. The Balaban J connectivity index is 1.99. The van der Waals surface area contributed by atoms with Crippen LogP contribution < -0.4 is 0 Å². The highest BCUT2D eigenvalue weighted by molar-refractivity contribution is 5.07. The molecule has 13 heavy (non-hydrogen) atoms. The van der Waals surface area contributed by atoms with Gasteiger partial charge in [0.2, 0.25) is 0 Å². The lowest BCUT2D eigenvalue weighted by Crippen LogP contribution is -2.27. The molecule has 0 amide bonds. The molecule has 0 aromatic carbocycles. The summed E-state index contributed by atoms with van der Waals surface area (Å²) in [6, 6.07) is 4.38. The molecule has 68 valence electrons. The Hall–Kier alpha value is -1.27. The molecule has 0 radical (unpaired) electrons. The number of likely N-dealkylation sites (tertiary alicyclic amines) is 1. The summed E-state index contributed by atoms with van der Waals surface area (Å²) < 4.78 is 4.98. The summed E-state index contributed by atoms with van der Waals surface area (Å²) >= 11 is 0. The molecule has 1 saturated heterocycles. The molecule has 0 spiro atoms. The van der Waals surface area contributed by atoms with E-state index in [1.54, 1.807) is 12.5 Å². The molecule has 1 atom stereocenters. The van der Waals surface area contributed by atoms with Gasteiger partial charge in [0.1, 0.15) is 0 Å². The van der Waals surface area contributed by atoms with Gasteiger partial charge in [-0.1, -0.05) is 0 Å². The molecule has 1 aliphatic heterocycles. The van der Waals surface area contributed by atoms with Crippen molar-refractivity contribution in [3.8, 4) is 6.07 Å². The first-order valence-corrected chi connectivity index (χ1v) is 4.55. The molecule has 2 rings (SSSR count). The number of nitrogens with zero attached hydrogens (tertiary/aromatic N) is 2. The van der Waals surface area contributed by atoms with E-state index in [9.17, 15) is 0 Å². The third-order valence-corrected chi connectivity index (χ3v) is 2.48. The van der Waals surface area contributed by atoms with Crippen LogP contribution in [0.3, 0.4) is 0 Å². The van der Waals surface area contributed by atoms with Crippen molar-refractivity contribution in [2.75, 3.05) is 6.54 Å². The second-order valence-electron chi connectivity index (χ2n) is 3.39. The van der Waals surface area contributed by atoms with Crippen LogP contribution in [-0.4, -0.2) is 17.5 Å². The molecule has 1 unspecified atom stereocenters. The van der Waals surface area contributed by atoms with Crippen LogP contribution in [0.25, 0.3) is 0 Å². The molecule has 0 saturated carbocycles. The number of rotatable bonds is 2. The van der Waals surface area contributed by atoms with E-state index in [2.05, 4.69) is 11.0 Å². The van der Waals surface area contributed by atoms with E-state index in [1.165, 1.54) is 0 Å². The molecule has 1 aromatic rings. The van der Waals surface area contributed by atoms with Gasteiger partial charge in [-0.3, -0.25) is 4.90 Å². The van der Waals surface area contributed by atoms with Crippen molar-refractivity contribution >= 4 is 0 Å². The number of hydrogen-bond donors (Lipinski definition) is 0. The first kappa shape index (κ1) is 8.33. The molecule has 2 heterocycles. The molecule has 0 aliphatic carbocycles. The Bertz CT molecular complexity index is 299. The first-order valence-electron chi connectivity index (χ1n) is 4.55. The van der Waals surface area contributed by atoms with Gasteiger partial charge in [-0.2, -0.15) is 5.26 Å². The number of nitriles is 1. The van der Waals surface area contributed by atoms with Crippen molar-refractivity contribution in [1.82, 2.24) is 4.90 Å². The van der Waals surface area contributed by atoms with Crippen LogP contribution in [0.15, 0.2) is 23.0 Å². The average Bonchev–Trinajstić information content (AvgIpc) is 2.76. The van der Waals surface area contributed by atoms with Crippen LogP contribution >= 0.6 is 0 Å². The SMILES string of the molecule is N#CC1CCCN1Cc1ccoc1. The largest absolute Gasteiger partial charge is 0.472 e. The van der Waals surface area contributed by atoms with E-state index in [-0.39, 0.29) is 6.04 Å². The third-order valence-electron chi connectivity index (χ3n) is 2.48. The standard InChI is InChI=1S/C10H12N2O/c11-6-10-2-1-4-12(10)7-9-3-5-13-8-9/h3,5,8,10H,1-2,4,7H2. The predicted octanol–water partition coefficient (Wildman–Crippen LogP) is 1.77. The zero-order valence-electron chi connectivity index (χ0n) is 7.44. The minimum atomic E-state index is 0.106. The molecular weight excluding hydrogens is 164 g/mol. The van der Waals surface area contributed by atoms with Crippen molar-refractivity contribution in [1.29, 1.82) is 5.26 Å². The van der Waals surface area contributed by atoms with Crippen LogP contribution in [0.2, 0.25) is 0 Å². The fraction of sp³-hybridized carbons (Fsp3) is 0.500. The Morgan fingerprint density at radius 1 is 1.69 bits per heavy atom. The molecule has 1 fully saturated rings. The summed E-state index contributed by atoms with van der Waals surface area (Å²) in [6.45, 7) is 1.87. The fourth-order valence-corrected chi connectivity index (χ4v) is 1.78. The lowest BCUT2D eigenvalue weighted by molar-refractivity contribution is 0.285. The minimum absolute atomic E-state index is 0.106. The average molecular weight is 176 g/mol. The van der Waals surface area contributed by atoms with E-state index in [1.807, 2.05) is 6.07 Å². The number of furan rings is 1. The lowest BCUT2D eigenvalue weighted by Gasteiger charge is -2.17. The maximum absolute atomic E-state index is 8.85. The van der Waals surface area contributed by atoms with Crippen LogP contribution in [0, 0.1) is 11.3 Å². The fourth-order valence-electron chi connectivity index (χ4n) is 1.78. The second-order valence-corrected chi connectivity index (χ2v) is 3.39. The van der Waals surface area contributed by atoms with Gasteiger partial charge in [-0.25, -0.2) is 0 Å². The van der Waals surface area contributed by atoms with Gasteiger partial charge in [0.05, 0.1) is 24.6 Å². The van der Waals surface area contributed by atoms with Crippen LogP contribution in [0.4, 0.5) is 0 Å². The Labute approximate surface area is 77.6 Å². The van der Waals surface area contributed by atoms with Gasteiger partial charge in [-0.05, 0) is 25.5 Å². The number of hydrogen-bond acceptors (Lipinski definition) is 3. The summed E-state index contributed by atoms with van der Waals surface area (Å²) in [5, 5.41) is 8.85. The van der Waals surface area contributed by atoms with E-state index in [4.69, 9.17) is 9.68 Å². The monoisotopic (exact) mass is 176 g/mol. The highest BCUT2D eigenvalue weighted by atomic mass is 16.3. The van der Waals surface area contributed by atoms with Crippen LogP contribution in [0.5, 0.6) is 0 Å². The van der Waals surface area contributed by atoms with Crippen molar-refractivity contribution in [3.05, 3.63) is 24.2 Å². The molecular formula is C10H12N2O. The van der Waals surface area contributed by atoms with Gasteiger partial charge in [0, 0.05) is 12.1 Å².